The van der Waals surface area contributed by atoms with Crippen molar-refractivity contribution in [3.8, 4) is 22.7 Å². The lowest BCUT2D eigenvalue weighted by atomic mass is 9.87. The van der Waals surface area contributed by atoms with Crippen LogP contribution in [0.4, 0.5) is 0 Å². The van der Waals surface area contributed by atoms with Crippen LogP contribution in [-0.2, 0) is 13.0 Å². The minimum absolute atomic E-state index is 0.447. The Morgan fingerprint density at radius 1 is 1.03 bits per heavy atom. The van der Waals surface area contributed by atoms with E-state index < -0.39 is 0 Å². The smallest absolute Gasteiger partial charge is 0.271 e. The standard InChI is InChI=1S/C24H24N4O2/c1-16-22(23(27-30-16)18-10-4-3-5-11-18)24-26-25-21(29-24)15-28(2)20-14-8-12-17-9-6-7-13-19(17)20/h3-7,9-11,13,20H,8,12,14-15H2,1-2H3/p+1/t20-/m0/s1. The van der Waals surface area contributed by atoms with Crippen LogP contribution in [0.1, 0.15) is 41.7 Å². The van der Waals surface area contributed by atoms with Gasteiger partial charge in [0.2, 0.25) is 0 Å². The summed E-state index contributed by atoms with van der Waals surface area (Å²) in [5.41, 5.74) is 5.37. The van der Waals surface area contributed by atoms with Gasteiger partial charge in [-0.05, 0) is 25.3 Å². The van der Waals surface area contributed by atoms with Crippen molar-refractivity contribution in [1.82, 2.24) is 15.4 Å². The van der Waals surface area contributed by atoms with Crippen molar-refractivity contribution in [1.29, 1.82) is 0 Å². The van der Waals surface area contributed by atoms with E-state index in [0.29, 0.717) is 30.1 Å². The fraction of sp³-hybridized carbons (Fsp3) is 0.292. The molecule has 0 bridgehead atoms. The minimum atomic E-state index is 0.447. The van der Waals surface area contributed by atoms with E-state index in [2.05, 4.69) is 46.7 Å². The summed E-state index contributed by atoms with van der Waals surface area (Å²) in [7, 11) is 2.21. The molecule has 2 heterocycles. The first kappa shape index (κ1) is 18.8. The second-order valence-electron chi connectivity index (χ2n) is 8.00. The first-order valence-corrected chi connectivity index (χ1v) is 10.5. The molecule has 1 aliphatic rings. The molecule has 0 radical (unpaired) electrons. The van der Waals surface area contributed by atoms with Gasteiger partial charge in [-0.1, -0.05) is 59.8 Å². The molecule has 6 heteroatoms. The fourth-order valence-corrected chi connectivity index (χ4v) is 4.47. The number of aryl methyl sites for hydroxylation is 2. The number of nitrogens with one attached hydrogen (secondary N) is 1. The largest absolute Gasteiger partial charge is 0.415 e. The van der Waals surface area contributed by atoms with E-state index in [9.17, 15) is 0 Å². The van der Waals surface area contributed by atoms with Gasteiger partial charge in [-0.25, -0.2) is 0 Å². The van der Waals surface area contributed by atoms with Crippen LogP contribution < -0.4 is 4.90 Å². The predicted octanol–water partition coefficient (Wildman–Crippen LogP) is 3.79. The van der Waals surface area contributed by atoms with Crippen LogP contribution in [0.15, 0.2) is 63.5 Å². The zero-order chi connectivity index (χ0) is 20.5. The predicted molar refractivity (Wildman–Crippen MR) is 113 cm³/mol. The van der Waals surface area contributed by atoms with Crippen LogP contribution in [-0.4, -0.2) is 22.4 Å². The van der Waals surface area contributed by atoms with Gasteiger partial charge in [0.1, 0.15) is 23.1 Å². The Balaban J connectivity index is 1.40. The molecular weight excluding hydrogens is 376 g/mol. The molecular formula is C24H25N4O2+. The number of quaternary nitrogens is 1. The monoisotopic (exact) mass is 401 g/mol. The summed E-state index contributed by atoms with van der Waals surface area (Å²) in [6, 6.07) is 19.1. The van der Waals surface area contributed by atoms with E-state index in [1.54, 1.807) is 0 Å². The number of aromatic nitrogens is 3. The Labute approximate surface area is 175 Å². The van der Waals surface area contributed by atoms with Crippen LogP contribution in [0.25, 0.3) is 22.7 Å². The number of nitrogens with zero attached hydrogens (tertiary/aromatic N) is 3. The van der Waals surface area contributed by atoms with Crippen molar-refractivity contribution in [3.63, 3.8) is 0 Å². The highest BCUT2D eigenvalue weighted by atomic mass is 16.5. The zero-order valence-corrected chi connectivity index (χ0v) is 17.3. The Morgan fingerprint density at radius 2 is 1.83 bits per heavy atom. The lowest BCUT2D eigenvalue weighted by Crippen LogP contribution is -3.08. The van der Waals surface area contributed by atoms with E-state index in [4.69, 9.17) is 8.94 Å². The van der Waals surface area contributed by atoms with Gasteiger partial charge in [0.05, 0.1) is 7.05 Å². The SMILES string of the molecule is Cc1onc(-c2ccccc2)c1-c1nnc(C[NH+](C)[C@H]2CCCc3ccccc32)o1. The molecule has 0 spiro atoms. The van der Waals surface area contributed by atoms with Gasteiger partial charge >= 0.3 is 0 Å². The summed E-state index contributed by atoms with van der Waals surface area (Å²) in [6.45, 7) is 2.55. The second-order valence-corrected chi connectivity index (χ2v) is 8.00. The molecule has 1 N–H and O–H groups in total. The minimum Gasteiger partial charge on any atom is -0.415 e. The maximum Gasteiger partial charge on any atom is 0.271 e. The van der Waals surface area contributed by atoms with E-state index in [-0.39, 0.29) is 0 Å². The summed E-state index contributed by atoms with van der Waals surface area (Å²) in [5.74, 6) is 1.76. The molecule has 0 saturated heterocycles. The van der Waals surface area contributed by atoms with Crippen molar-refractivity contribution in [2.24, 2.45) is 0 Å². The molecule has 2 aromatic carbocycles. The summed E-state index contributed by atoms with van der Waals surface area (Å²) >= 11 is 0. The third-order valence-corrected chi connectivity index (χ3v) is 5.99. The first-order chi connectivity index (χ1) is 14.7. The summed E-state index contributed by atoms with van der Waals surface area (Å²) in [4.78, 5) is 1.36. The van der Waals surface area contributed by atoms with E-state index in [1.807, 2.05) is 37.3 Å². The maximum absolute atomic E-state index is 6.08. The van der Waals surface area contributed by atoms with Crippen molar-refractivity contribution < 1.29 is 13.8 Å². The number of benzene rings is 2. The Hall–Kier alpha value is -3.25. The Kier molecular flexibility index (Phi) is 4.93. The second kappa shape index (κ2) is 7.88. The Morgan fingerprint density at radius 3 is 2.70 bits per heavy atom. The normalized spacial score (nSPS) is 16.9. The number of hydrogen-bond donors (Lipinski definition) is 1. The third kappa shape index (κ3) is 3.44. The van der Waals surface area contributed by atoms with Crippen LogP contribution in [0.3, 0.4) is 0 Å². The molecule has 2 aromatic heterocycles. The van der Waals surface area contributed by atoms with Gasteiger partial charge in [-0.15, -0.1) is 10.2 Å². The molecule has 1 unspecified atom stereocenters. The first-order valence-electron chi connectivity index (χ1n) is 10.5. The molecule has 1 aliphatic carbocycles. The number of hydrogen-bond acceptors (Lipinski definition) is 5. The zero-order valence-electron chi connectivity index (χ0n) is 17.3. The van der Waals surface area contributed by atoms with Crippen LogP contribution in [0.5, 0.6) is 0 Å². The fourth-order valence-electron chi connectivity index (χ4n) is 4.47. The quantitative estimate of drug-likeness (QED) is 0.551. The topological polar surface area (TPSA) is 69.4 Å². The highest BCUT2D eigenvalue weighted by Crippen LogP contribution is 2.33. The van der Waals surface area contributed by atoms with E-state index in [0.717, 1.165) is 16.8 Å². The van der Waals surface area contributed by atoms with Crippen LogP contribution >= 0.6 is 0 Å². The summed E-state index contributed by atoms with van der Waals surface area (Å²) in [6.07, 6.45) is 3.56. The van der Waals surface area contributed by atoms with Crippen molar-refractivity contribution >= 4 is 0 Å². The molecule has 2 atom stereocenters. The highest BCUT2D eigenvalue weighted by Gasteiger charge is 2.29. The summed E-state index contributed by atoms with van der Waals surface area (Å²) in [5, 5.41) is 12.9. The lowest BCUT2D eigenvalue weighted by molar-refractivity contribution is -0.928. The molecule has 0 fully saturated rings. The number of rotatable bonds is 5. The molecule has 4 aromatic rings. The third-order valence-electron chi connectivity index (χ3n) is 5.99. The lowest BCUT2D eigenvalue weighted by Gasteiger charge is -2.29. The van der Waals surface area contributed by atoms with E-state index in [1.165, 1.54) is 35.3 Å². The number of fused-ring (bicyclic) bond motifs is 1. The average molecular weight is 401 g/mol. The maximum atomic E-state index is 6.08. The van der Waals surface area contributed by atoms with Gasteiger partial charge in [0.25, 0.3) is 11.8 Å². The van der Waals surface area contributed by atoms with Crippen molar-refractivity contribution in [3.05, 3.63) is 77.4 Å². The van der Waals surface area contributed by atoms with Crippen molar-refractivity contribution in [2.45, 2.75) is 38.8 Å². The molecule has 30 heavy (non-hydrogen) atoms. The van der Waals surface area contributed by atoms with Crippen LogP contribution in [0.2, 0.25) is 0 Å². The molecule has 6 nitrogen and oxygen atoms in total. The van der Waals surface area contributed by atoms with Crippen molar-refractivity contribution in [2.75, 3.05) is 7.05 Å². The van der Waals surface area contributed by atoms with Gasteiger partial charge in [0, 0.05) is 17.5 Å². The highest BCUT2D eigenvalue weighted by molar-refractivity contribution is 5.77. The summed E-state index contributed by atoms with van der Waals surface area (Å²) < 4.78 is 11.5. The Bertz CT molecular complexity index is 1150. The van der Waals surface area contributed by atoms with Gasteiger partial charge in [-0.3, -0.25) is 0 Å². The van der Waals surface area contributed by atoms with Gasteiger partial charge in [0.15, 0.2) is 6.54 Å². The van der Waals surface area contributed by atoms with Gasteiger partial charge in [-0.2, -0.15) is 0 Å². The molecule has 5 rings (SSSR count). The van der Waals surface area contributed by atoms with E-state index >= 15 is 0 Å². The average Bonchev–Trinajstić information content (AvgIpc) is 3.40. The van der Waals surface area contributed by atoms with Gasteiger partial charge < -0.3 is 13.8 Å². The van der Waals surface area contributed by atoms with Crippen LogP contribution in [0, 0.1) is 6.92 Å². The molecule has 0 amide bonds. The molecule has 0 aliphatic heterocycles. The molecule has 0 saturated carbocycles. The molecule has 152 valence electrons.